The average Bonchev–Trinajstić information content (AvgIpc) is 2.55. The summed E-state index contributed by atoms with van der Waals surface area (Å²) in [5.41, 5.74) is 1.76. The zero-order valence-electron chi connectivity index (χ0n) is 8.56. The van der Waals surface area contributed by atoms with E-state index in [4.69, 9.17) is 5.11 Å². The molecule has 2 heterocycles. The molecule has 0 aromatic carbocycles. The van der Waals surface area contributed by atoms with Crippen molar-refractivity contribution in [1.29, 1.82) is 0 Å². The summed E-state index contributed by atoms with van der Waals surface area (Å²) in [6, 6.07) is 1.56. The van der Waals surface area contributed by atoms with Crippen LogP contribution >= 0.6 is 0 Å². The first-order chi connectivity index (χ1) is 7.13. The van der Waals surface area contributed by atoms with Crippen molar-refractivity contribution < 1.29 is 9.90 Å². The van der Waals surface area contributed by atoms with Gasteiger partial charge in [0, 0.05) is 11.9 Å². The van der Waals surface area contributed by atoms with Crippen LogP contribution in [0.3, 0.4) is 0 Å². The Morgan fingerprint density at radius 2 is 2.33 bits per heavy atom. The van der Waals surface area contributed by atoms with Gasteiger partial charge < -0.3 is 5.11 Å². The Balaban J connectivity index is 2.72. The molecule has 2 rings (SSSR count). The molecule has 0 saturated heterocycles. The van der Waals surface area contributed by atoms with Crippen LogP contribution in [0.5, 0.6) is 0 Å². The number of carboxylic acids is 1. The van der Waals surface area contributed by atoms with Gasteiger partial charge in [-0.1, -0.05) is 0 Å². The zero-order valence-corrected chi connectivity index (χ0v) is 8.56. The lowest BCUT2D eigenvalue weighted by Crippen LogP contribution is -2.00. The number of aryl methyl sites for hydroxylation is 2. The minimum absolute atomic E-state index is 0.0567. The van der Waals surface area contributed by atoms with Gasteiger partial charge >= 0.3 is 5.97 Å². The quantitative estimate of drug-likeness (QED) is 0.805. The number of carbonyl (C=O) groups is 1. The molecule has 78 valence electrons. The van der Waals surface area contributed by atoms with Crippen LogP contribution in [0.4, 0.5) is 0 Å². The summed E-state index contributed by atoms with van der Waals surface area (Å²) in [6.07, 6.45) is 1.56. The van der Waals surface area contributed by atoms with E-state index in [2.05, 4.69) is 10.1 Å². The van der Waals surface area contributed by atoms with Crippen molar-refractivity contribution >= 4 is 16.9 Å². The van der Waals surface area contributed by atoms with Crippen molar-refractivity contribution in [3.8, 4) is 0 Å². The van der Waals surface area contributed by atoms with Crippen LogP contribution in [-0.4, -0.2) is 25.8 Å². The summed E-state index contributed by atoms with van der Waals surface area (Å²) in [5.74, 6) is -1.01. The molecular weight excluding hydrogens is 194 g/mol. The molecular formula is C10H11N3O2. The third-order valence-electron chi connectivity index (χ3n) is 2.34. The van der Waals surface area contributed by atoms with Gasteiger partial charge in [-0.25, -0.2) is 9.78 Å². The lowest BCUT2D eigenvalue weighted by molar-refractivity contribution is 0.0690. The highest BCUT2D eigenvalue weighted by Crippen LogP contribution is 2.17. The third kappa shape index (κ3) is 1.45. The predicted molar refractivity (Wildman–Crippen MR) is 54.9 cm³/mol. The van der Waals surface area contributed by atoms with Gasteiger partial charge in [-0.15, -0.1) is 0 Å². The number of fused-ring (bicyclic) bond motifs is 1. The van der Waals surface area contributed by atoms with E-state index in [1.807, 2.05) is 18.5 Å². The highest BCUT2D eigenvalue weighted by Gasteiger charge is 2.10. The van der Waals surface area contributed by atoms with E-state index in [0.29, 0.717) is 0 Å². The highest BCUT2D eigenvalue weighted by atomic mass is 16.4. The molecule has 1 N–H and O–H groups in total. The number of hydrogen-bond acceptors (Lipinski definition) is 3. The summed E-state index contributed by atoms with van der Waals surface area (Å²) in [7, 11) is 0. The van der Waals surface area contributed by atoms with Gasteiger partial charge in [0.1, 0.15) is 5.69 Å². The van der Waals surface area contributed by atoms with E-state index < -0.39 is 5.97 Å². The summed E-state index contributed by atoms with van der Waals surface area (Å²) in [6.45, 7) is 4.59. The third-order valence-corrected chi connectivity index (χ3v) is 2.34. The molecule has 0 spiro atoms. The first kappa shape index (κ1) is 9.64. The molecule has 0 aliphatic carbocycles. The van der Waals surface area contributed by atoms with Crippen molar-refractivity contribution in [2.75, 3.05) is 0 Å². The number of pyridine rings is 1. The van der Waals surface area contributed by atoms with E-state index in [-0.39, 0.29) is 5.69 Å². The van der Waals surface area contributed by atoms with Gasteiger partial charge in [-0.3, -0.25) is 4.68 Å². The molecule has 0 aliphatic rings. The fourth-order valence-corrected chi connectivity index (χ4v) is 1.59. The van der Waals surface area contributed by atoms with Crippen LogP contribution in [0.2, 0.25) is 0 Å². The van der Waals surface area contributed by atoms with Crippen molar-refractivity contribution in [2.24, 2.45) is 0 Å². The summed E-state index contributed by atoms with van der Waals surface area (Å²) in [5, 5.41) is 14.0. The highest BCUT2D eigenvalue weighted by molar-refractivity contribution is 5.91. The maximum Gasteiger partial charge on any atom is 0.354 e. The SMILES string of the molecule is CCn1nc(C)c2cc(C(=O)O)ncc21. The van der Waals surface area contributed by atoms with E-state index >= 15 is 0 Å². The maximum absolute atomic E-state index is 10.7. The number of aromatic carboxylic acids is 1. The molecule has 0 unspecified atom stereocenters. The first-order valence-corrected chi connectivity index (χ1v) is 4.70. The number of hydrogen-bond donors (Lipinski definition) is 1. The minimum atomic E-state index is -1.01. The number of rotatable bonds is 2. The Bertz CT molecular complexity index is 531. The standard InChI is InChI=1S/C10H11N3O2/c1-3-13-9-5-11-8(10(14)15)4-7(9)6(2)12-13/h4-5H,3H2,1-2H3,(H,14,15). The molecule has 5 heteroatoms. The molecule has 15 heavy (non-hydrogen) atoms. The first-order valence-electron chi connectivity index (χ1n) is 4.70. The molecule has 0 atom stereocenters. The van der Waals surface area contributed by atoms with Gasteiger partial charge in [0.25, 0.3) is 0 Å². The molecule has 0 saturated carbocycles. The molecule has 0 fully saturated rings. The number of nitrogens with zero attached hydrogens (tertiary/aromatic N) is 3. The van der Waals surface area contributed by atoms with Gasteiger partial charge in [-0.2, -0.15) is 5.10 Å². The topological polar surface area (TPSA) is 68.0 Å². The second-order valence-corrected chi connectivity index (χ2v) is 3.29. The maximum atomic E-state index is 10.7. The Hall–Kier alpha value is -1.91. The van der Waals surface area contributed by atoms with Crippen LogP contribution in [-0.2, 0) is 6.54 Å². The summed E-state index contributed by atoms with van der Waals surface area (Å²) in [4.78, 5) is 14.6. The molecule has 0 amide bonds. The Kier molecular flexibility index (Phi) is 2.15. The largest absolute Gasteiger partial charge is 0.477 e. The van der Waals surface area contributed by atoms with Gasteiger partial charge in [0.05, 0.1) is 17.4 Å². The fraction of sp³-hybridized carbons (Fsp3) is 0.300. The molecule has 0 radical (unpaired) electrons. The zero-order chi connectivity index (χ0) is 11.0. The predicted octanol–water partition coefficient (Wildman–Crippen LogP) is 1.46. The van der Waals surface area contributed by atoms with Crippen LogP contribution in [0.25, 0.3) is 10.9 Å². The second-order valence-electron chi connectivity index (χ2n) is 3.29. The van der Waals surface area contributed by atoms with E-state index in [1.165, 1.54) is 0 Å². The number of aromatic nitrogens is 3. The second kappa shape index (κ2) is 3.34. The number of carboxylic acid groups (broad SMARTS) is 1. The minimum Gasteiger partial charge on any atom is -0.477 e. The Morgan fingerprint density at radius 1 is 1.60 bits per heavy atom. The summed E-state index contributed by atoms with van der Waals surface area (Å²) < 4.78 is 1.81. The molecule has 5 nitrogen and oxygen atoms in total. The molecule has 0 bridgehead atoms. The van der Waals surface area contributed by atoms with Crippen molar-refractivity contribution in [1.82, 2.24) is 14.8 Å². The summed E-state index contributed by atoms with van der Waals surface area (Å²) >= 11 is 0. The van der Waals surface area contributed by atoms with Crippen LogP contribution in [0, 0.1) is 6.92 Å². The smallest absolute Gasteiger partial charge is 0.354 e. The average molecular weight is 205 g/mol. The van der Waals surface area contributed by atoms with Gasteiger partial charge in [-0.05, 0) is 19.9 Å². The van der Waals surface area contributed by atoms with Gasteiger partial charge in [0.15, 0.2) is 0 Å². The Morgan fingerprint density at radius 3 is 2.93 bits per heavy atom. The van der Waals surface area contributed by atoms with E-state index in [9.17, 15) is 4.79 Å². The van der Waals surface area contributed by atoms with Crippen molar-refractivity contribution in [2.45, 2.75) is 20.4 Å². The lowest BCUT2D eigenvalue weighted by Gasteiger charge is -1.97. The lowest BCUT2D eigenvalue weighted by atomic mass is 10.2. The van der Waals surface area contributed by atoms with Crippen LogP contribution in [0.15, 0.2) is 12.3 Å². The molecule has 2 aromatic heterocycles. The van der Waals surface area contributed by atoms with Crippen LogP contribution in [0.1, 0.15) is 23.1 Å². The van der Waals surface area contributed by atoms with E-state index in [0.717, 1.165) is 23.1 Å². The van der Waals surface area contributed by atoms with E-state index in [1.54, 1.807) is 12.3 Å². The molecule has 0 aliphatic heterocycles. The van der Waals surface area contributed by atoms with Crippen molar-refractivity contribution in [3.05, 3.63) is 23.7 Å². The Labute approximate surface area is 86.4 Å². The molecule has 2 aromatic rings. The van der Waals surface area contributed by atoms with Crippen LogP contribution < -0.4 is 0 Å². The normalized spacial score (nSPS) is 10.8. The van der Waals surface area contributed by atoms with Crippen molar-refractivity contribution in [3.63, 3.8) is 0 Å². The fourth-order valence-electron chi connectivity index (χ4n) is 1.59. The van der Waals surface area contributed by atoms with Gasteiger partial charge in [0.2, 0.25) is 0 Å². The monoisotopic (exact) mass is 205 g/mol.